The quantitative estimate of drug-likeness (QED) is 0.177. The molecule has 0 fully saturated rings. The number of fused-ring (bicyclic) bond motifs is 1. The highest BCUT2D eigenvalue weighted by molar-refractivity contribution is 5.71. The van der Waals surface area contributed by atoms with Crippen molar-refractivity contribution < 1.29 is 28.8 Å². The lowest BCUT2D eigenvalue weighted by atomic mass is 9.96. The van der Waals surface area contributed by atoms with E-state index in [-0.39, 0.29) is 13.0 Å². The predicted octanol–water partition coefficient (Wildman–Crippen LogP) is 6.12. The molecule has 0 saturated carbocycles. The fourth-order valence-corrected chi connectivity index (χ4v) is 5.08. The highest BCUT2D eigenvalue weighted by atomic mass is 16.6. The molecule has 2 heterocycles. The van der Waals surface area contributed by atoms with Crippen LogP contribution in [0.4, 0.5) is 0 Å². The van der Waals surface area contributed by atoms with E-state index in [1.54, 1.807) is 12.3 Å². The molecule has 0 bridgehead atoms. The SMILES string of the molecule is Cc1cc(OCc2cccc(-c3ccc4c(c3)OCCO4)c2C)cc(OCc2cncc(C#N)c2)c1CNCCCC(=O)O. The molecule has 2 N–H and O–H groups in total. The molecular weight excluding hydrogens is 558 g/mol. The largest absolute Gasteiger partial charge is 0.489 e. The summed E-state index contributed by atoms with van der Waals surface area (Å²) in [6.07, 6.45) is 3.83. The van der Waals surface area contributed by atoms with Crippen LogP contribution in [0, 0.1) is 25.2 Å². The fourth-order valence-electron chi connectivity index (χ4n) is 5.08. The number of aromatic nitrogens is 1. The Hall–Kier alpha value is -5.07. The third-order valence-corrected chi connectivity index (χ3v) is 7.46. The van der Waals surface area contributed by atoms with Gasteiger partial charge in [0.25, 0.3) is 0 Å². The molecule has 1 aliphatic rings. The van der Waals surface area contributed by atoms with Crippen LogP contribution in [-0.4, -0.2) is 35.8 Å². The molecule has 0 amide bonds. The minimum Gasteiger partial charge on any atom is -0.489 e. The average Bonchev–Trinajstić information content (AvgIpc) is 3.03. The molecule has 44 heavy (non-hydrogen) atoms. The Bertz CT molecular complexity index is 1680. The summed E-state index contributed by atoms with van der Waals surface area (Å²) in [4.78, 5) is 15.0. The van der Waals surface area contributed by atoms with Crippen molar-refractivity contribution in [2.24, 2.45) is 0 Å². The average molecular weight is 594 g/mol. The van der Waals surface area contributed by atoms with E-state index in [1.807, 2.05) is 43.3 Å². The van der Waals surface area contributed by atoms with Crippen LogP contribution in [0.25, 0.3) is 11.1 Å². The first-order chi connectivity index (χ1) is 21.4. The highest BCUT2D eigenvalue weighted by Crippen LogP contribution is 2.36. The molecule has 0 aliphatic carbocycles. The van der Waals surface area contributed by atoms with Crippen molar-refractivity contribution in [3.05, 3.63) is 100 Å². The Labute approximate surface area is 257 Å². The van der Waals surface area contributed by atoms with Gasteiger partial charge in [-0.05, 0) is 78.9 Å². The van der Waals surface area contributed by atoms with Crippen molar-refractivity contribution in [2.75, 3.05) is 19.8 Å². The summed E-state index contributed by atoms with van der Waals surface area (Å²) in [6, 6.07) is 19.9. The number of ether oxygens (including phenoxy) is 4. The number of benzene rings is 3. The van der Waals surface area contributed by atoms with E-state index in [2.05, 4.69) is 35.4 Å². The zero-order valence-electron chi connectivity index (χ0n) is 24.9. The Balaban J connectivity index is 1.33. The van der Waals surface area contributed by atoms with Crippen molar-refractivity contribution in [2.45, 2.75) is 46.4 Å². The van der Waals surface area contributed by atoms with E-state index >= 15 is 0 Å². The van der Waals surface area contributed by atoms with Crippen molar-refractivity contribution in [1.82, 2.24) is 10.3 Å². The molecule has 0 atom stereocenters. The molecule has 1 aliphatic heterocycles. The summed E-state index contributed by atoms with van der Waals surface area (Å²) < 4.78 is 24.0. The maximum Gasteiger partial charge on any atom is 0.303 e. The second-order valence-electron chi connectivity index (χ2n) is 10.6. The van der Waals surface area contributed by atoms with Crippen LogP contribution < -0.4 is 24.3 Å². The molecule has 9 heteroatoms. The zero-order valence-corrected chi connectivity index (χ0v) is 24.9. The van der Waals surface area contributed by atoms with Gasteiger partial charge in [0.15, 0.2) is 11.5 Å². The van der Waals surface area contributed by atoms with Crippen LogP contribution in [0.5, 0.6) is 23.0 Å². The molecule has 226 valence electrons. The van der Waals surface area contributed by atoms with Crippen molar-refractivity contribution in [3.63, 3.8) is 0 Å². The standard InChI is InChI=1S/C35H35N3O6/c1-23-13-29(43-22-28-5-3-6-30(24(28)2)27-8-9-32-34(15-27)42-12-11-41-32)16-33(31(23)20-37-10-4-7-35(39)40)44-21-26-14-25(17-36)18-38-19-26/h3,5-6,8-9,13-16,18-19,37H,4,7,10-12,20-22H2,1-2H3,(H,39,40). The summed E-state index contributed by atoms with van der Waals surface area (Å²) in [5.74, 6) is 2.02. The van der Waals surface area contributed by atoms with E-state index in [4.69, 9.17) is 24.1 Å². The van der Waals surface area contributed by atoms with Gasteiger partial charge in [-0.2, -0.15) is 5.26 Å². The van der Waals surface area contributed by atoms with Gasteiger partial charge >= 0.3 is 5.97 Å². The highest BCUT2D eigenvalue weighted by Gasteiger charge is 2.16. The van der Waals surface area contributed by atoms with Crippen LogP contribution in [-0.2, 0) is 24.6 Å². The number of hydrogen-bond donors (Lipinski definition) is 2. The van der Waals surface area contributed by atoms with Gasteiger partial charge in [-0.3, -0.25) is 9.78 Å². The zero-order chi connectivity index (χ0) is 30.9. The van der Waals surface area contributed by atoms with Gasteiger partial charge in [-0.1, -0.05) is 24.3 Å². The second-order valence-corrected chi connectivity index (χ2v) is 10.6. The topological polar surface area (TPSA) is 123 Å². The maximum absolute atomic E-state index is 10.9. The van der Waals surface area contributed by atoms with E-state index in [9.17, 15) is 10.1 Å². The number of aryl methyl sites for hydroxylation is 1. The number of nitriles is 1. The van der Waals surface area contributed by atoms with Gasteiger partial charge in [0, 0.05) is 42.6 Å². The third kappa shape index (κ3) is 7.65. The summed E-state index contributed by atoms with van der Waals surface area (Å²) in [7, 11) is 0. The Morgan fingerprint density at radius 2 is 1.86 bits per heavy atom. The summed E-state index contributed by atoms with van der Waals surface area (Å²) in [6.45, 7) is 6.85. The van der Waals surface area contributed by atoms with Gasteiger partial charge < -0.3 is 29.4 Å². The number of carboxylic acids is 1. The molecule has 1 aromatic heterocycles. The van der Waals surface area contributed by atoms with Crippen LogP contribution in [0.15, 0.2) is 67.0 Å². The van der Waals surface area contributed by atoms with Crippen molar-refractivity contribution in [1.29, 1.82) is 5.26 Å². The number of pyridine rings is 1. The lowest BCUT2D eigenvalue weighted by molar-refractivity contribution is -0.137. The Morgan fingerprint density at radius 1 is 1.02 bits per heavy atom. The van der Waals surface area contributed by atoms with E-state index in [0.29, 0.717) is 56.4 Å². The molecule has 0 spiro atoms. The summed E-state index contributed by atoms with van der Waals surface area (Å²) in [5, 5.41) is 21.5. The second kappa shape index (κ2) is 14.4. The third-order valence-electron chi connectivity index (χ3n) is 7.46. The minimum absolute atomic E-state index is 0.111. The van der Waals surface area contributed by atoms with E-state index in [1.165, 1.54) is 6.20 Å². The van der Waals surface area contributed by atoms with Crippen LogP contribution in [0.1, 0.15) is 46.2 Å². The van der Waals surface area contributed by atoms with Gasteiger partial charge in [-0.25, -0.2) is 0 Å². The number of rotatable bonds is 13. The molecule has 0 radical (unpaired) electrons. The van der Waals surface area contributed by atoms with Crippen molar-refractivity contribution in [3.8, 4) is 40.2 Å². The predicted molar refractivity (Wildman–Crippen MR) is 165 cm³/mol. The van der Waals surface area contributed by atoms with Crippen LogP contribution in [0.2, 0.25) is 0 Å². The van der Waals surface area contributed by atoms with Gasteiger partial charge in [0.2, 0.25) is 0 Å². The number of nitrogens with one attached hydrogen (secondary N) is 1. The number of aliphatic carboxylic acids is 1. The molecule has 9 nitrogen and oxygen atoms in total. The van der Waals surface area contributed by atoms with Gasteiger partial charge in [0.05, 0.1) is 5.56 Å². The van der Waals surface area contributed by atoms with Crippen molar-refractivity contribution >= 4 is 5.97 Å². The lowest BCUT2D eigenvalue weighted by Crippen LogP contribution is -2.17. The van der Waals surface area contributed by atoms with E-state index in [0.717, 1.165) is 50.4 Å². The molecule has 5 rings (SSSR count). The van der Waals surface area contributed by atoms with E-state index < -0.39 is 5.97 Å². The number of carboxylic acid groups (broad SMARTS) is 1. The first-order valence-electron chi connectivity index (χ1n) is 14.6. The maximum atomic E-state index is 10.9. The molecule has 0 saturated heterocycles. The molecule has 0 unspecified atom stereocenters. The molecule has 3 aromatic carbocycles. The van der Waals surface area contributed by atoms with Crippen LogP contribution in [0.3, 0.4) is 0 Å². The van der Waals surface area contributed by atoms with Gasteiger partial charge in [0.1, 0.15) is 44.0 Å². The van der Waals surface area contributed by atoms with Gasteiger partial charge in [-0.15, -0.1) is 0 Å². The monoisotopic (exact) mass is 593 g/mol. The number of nitrogens with zero attached hydrogens (tertiary/aromatic N) is 2. The summed E-state index contributed by atoms with van der Waals surface area (Å²) in [5.41, 5.74) is 7.50. The lowest BCUT2D eigenvalue weighted by Gasteiger charge is -2.20. The van der Waals surface area contributed by atoms with Crippen LogP contribution >= 0.6 is 0 Å². The minimum atomic E-state index is -0.811. The fraction of sp³-hybridized carbons (Fsp3) is 0.286. The Kier molecular flexibility index (Phi) is 9.95. The first kappa shape index (κ1) is 30.4. The number of hydrogen-bond acceptors (Lipinski definition) is 8. The smallest absolute Gasteiger partial charge is 0.303 e. The summed E-state index contributed by atoms with van der Waals surface area (Å²) >= 11 is 0. The molecular formula is C35H35N3O6. The Morgan fingerprint density at radius 3 is 2.68 bits per heavy atom. The number of carbonyl (C=O) groups is 1. The normalized spacial score (nSPS) is 11.9. The first-order valence-corrected chi connectivity index (χ1v) is 14.6. The molecule has 4 aromatic rings.